The van der Waals surface area contributed by atoms with Gasteiger partial charge in [0.05, 0.1) is 28.4 Å². The van der Waals surface area contributed by atoms with Crippen molar-refractivity contribution >= 4 is 11.8 Å². The van der Waals surface area contributed by atoms with Crippen LogP contribution in [0, 0.1) is 19.8 Å². The topological polar surface area (TPSA) is 67.3 Å². The highest BCUT2D eigenvalue weighted by atomic mass is 32.2. The van der Waals surface area contributed by atoms with Crippen molar-refractivity contribution in [2.45, 2.75) is 69.7 Å². The lowest BCUT2D eigenvalue weighted by molar-refractivity contribution is -0.0339. The molecule has 25 heavy (non-hydrogen) atoms. The highest BCUT2D eigenvalue weighted by Gasteiger charge is 2.37. The summed E-state index contributed by atoms with van der Waals surface area (Å²) in [5, 5.41) is 14.5. The molecular weight excluding hydrogens is 334 g/mol. The zero-order valence-electron chi connectivity index (χ0n) is 15.7. The summed E-state index contributed by atoms with van der Waals surface area (Å²) in [6.07, 6.45) is 4.88. The van der Waals surface area contributed by atoms with Gasteiger partial charge in [-0.25, -0.2) is 0 Å². The van der Waals surface area contributed by atoms with E-state index in [1.807, 2.05) is 25.6 Å². The maximum Gasteiger partial charge on any atom is 0.103 e. The molecule has 140 valence electrons. The summed E-state index contributed by atoms with van der Waals surface area (Å²) in [6, 6.07) is 0. The molecule has 3 unspecified atom stereocenters. The molecule has 2 fully saturated rings. The van der Waals surface area contributed by atoms with E-state index < -0.39 is 5.60 Å². The quantitative estimate of drug-likeness (QED) is 0.836. The normalized spacial score (nSPS) is 30.4. The molecule has 0 spiro atoms. The van der Waals surface area contributed by atoms with Crippen molar-refractivity contribution in [2.24, 2.45) is 5.92 Å². The molecule has 3 atom stereocenters. The molecule has 2 saturated heterocycles. The van der Waals surface area contributed by atoms with Crippen molar-refractivity contribution in [3.05, 3.63) is 22.8 Å². The zero-order chi connectivity index (χ0) is 17.9. The predicted molar refractivity (Wildman–Crippen MR) is 102 cm³/mol. The van der Waals surface area contributed by atoms with Gasteiger partial charge < -0.3 is 15.2 Å². The first-order valence-corrected chi connectivity index (χ1v) is 10.5. The fraction of sp³-hybridized carbons (Fsp3) is 0.789. The minimum absolute atomic E-state index is 0.215. The molecule has 3 heterocycles. The third kappa shape index (κ3) is 4.73. The highest BCUT2D eigenvalue weighted by Crippen LogP contribution is 2.31. The lowest BCUT2D eigenvalue weighted by Gasteiger charge is -2.38. The molecule has 2 aliphatic heterocycles. The number of piperidine rings is 1. The van der Waals surface area contributed by atoms with Gasteiger partial charge in [-0.1, -0.05) is 6.92 Å². The van der Waals surface area contributed by atoms with Gasteiger partial charge in [0.1, 0.15) is 5.44 Å². The van der Waals surface area contributed by atoms with Crippen molar-refractivity contribution in [3.8, 4) is 0 Å². The maximum absolute atomic E-state index is 11.2. The molecule has 1 aromatic heterocycles. The third-order valence-corrected chi connectivity index (χ3v) is 6.77. The molecular formula is C19H31N3O2S. The summed E-state index contributed by atoms with van der Waals surface area (Å²) in [7, 11) is 0. The van der Waals surface area contributed by atoms with E-state index in [9.17, 15) is 5.11 Å². The van der Waals surface area contributed by atoms with E-state index in [0.717, 1.165) is 61.1 Å². The summed E-state index contributed by atoms with van der Waals surface area (Å²) >= 11 is 1.82. The van der Waals surface area contributed by atoms with Gasteiger partial charge in [-0.2, -0.15) is 0 Å². The Bertz CT molecular complexity index is 592. The first kappa shape index (κ1) is 19.1. The van der Waals surface area contributed by atoms with E-state index in [4.69, 9.17) is 14.7 Å². The Morgan fingerprint density at radius 1 is 1.24 bits per heavy atom. The van der Waals surface area contributed by atoms with Crippen LogP contribution in [0.25, 0.3) is 0 Å². The SMILES string of the molecule is Cc1nc(CSC2CCCCO2)c(CC2(O)CCNCC2C)nc1C. The summed E-state index contributed by atoms with van der Waals surface area (Å²) in [5.74, 6) is 1.02. The van der Waals surface area contributed by atoms with E-state index in [0.29, 0.717) is 6.42 Å². The zero-order valence-corrected chi connectivity index (χ0v) is 16.5. The Balaban J connectivity index is 1.75. The van der Waals surface area contributed by atoms with E-state index in [-0.39, 0.29) is 11.4 Å². The molecule has 5 nitrogen and oxygen atoms in total. The minimum Gasteiger partial charge on any atom is -0.389 e. The molecule has 3 rings (SSSR count). The van der Waals surface area contributed by atoms with Crippen molar-refractivity contribution < 1.29 is 9.84 Å². The monoisotopic (exact) mass is 365 g/mol. The number of aryl methyl sites for hydroxylation is 2. The number of nitrogens with zero attached hydrogens (tertiary/aromatic N) is 2. The van der Waals surface area contributed by atoms with Crippen LogP contribution in [0.1, 0.15) is 55.4 Å². The number of thioether (sulfide) groups is 1. The van der Waals surface area contributed by atoms with Gasteiger partial charge in [-0.05, 0) is 52.0 Å². The second-order valence-corrected chi connectivity index (χ2v) is 8.68. The van der Waals surface area contributed by atoms with Gasteiger partial charge in [0, 0.05) is 25.3 Å². The van der Waals surface area contributed by atoms with Gasteiger partial charge in [-0.15, -0.1) is 11.8 Å². The summed E-state index contributed by atoms with van der Waals surface area (Å²) in [5.41, 5.74) is 3.50. The van der Waals surface area contributed by atoms with Crippen LogP contribution in [-0.2, 0) is 16.9 Å². The van der Waals surface area contributed by atoms with Crippen LogP contribution in [0.5, 0.6) is 0 Å². The fourth-order valence-electron chi connectivity index (χ4n) is 3.58. The number of rotatable bonds is 5. The number of aliphatic hydroxyl groups is 1. The van der Waals surface area contributed by atoms with Crippen LogP contribution in [-0.4, -0.2) is 45.8 Å². The van der Waals surface area contributed by atoms with E-state index in [1.54, 1.807) is 0 Å². The number of hydrogen-bond donors (Lipinski definition) is 2. The lowest BCUT2D eigenvalue weighted by atomic mass is 9.79. The molecule has 0 amide bonds. The van der Waals surface area contributed by atoms with Crippen LogP contribution in [0.2, 0.25) is 0 Å². The van der Waals surface area contributed by atoms with Crippen molar-refractivity contribution in [1.82, 2.24) is 15.3 Å². The van der Waals surface area contributed by atoms with Crippen LogP contribution < -0.4 is 5.32 Å². The molecule has 2 aliphatic rings. The van der Waals surface area contributed by atoms with Crippen molar-refractivity contribution in [2.75, 3.05) is 19.7 Å². The van der Waals surface area contributed by atoms with Gasteiger partial charge in [-0.3, -0.25) is 9.97 Å². The highest BCUT2D eigenvalue weighted by molar-refractivity contribution is 7.99. The van der Waals surface area contributed by atoms with Gasteiger partial charge in [0.15, 0.2) is 0 Å². The number of ether oxygens (including phenoxy) is 1. The largest absolute Gasteiger partial charge is 0.389 e. The minimum atomic E-state index is -0.692. The standard InChI is InChI=1S/C19H31N3O2S/c1-13-11-20-8-7-19(13,23)10-16-17(22-15(3)14(2)21-16)12-25-18-6-4-5-9-24-18/h13,18,20,23H,4-12H2,1-3H3. The number of aromatic nitrogens is 2. The molecule has 0 bridgehead atoms. The average Bonchev–Trinajstić information content (AvgIpc) is 2.60. The Hall–Kier alpha value is -0.690. The van der Waals surface area contributed by atoms with Crippen molar-refractivity contribution in [3.63, 3.8) is 0 Å². The second kappa shape index (κ2) is 8.33. The Kier molecular flexibility index (Phi) is 6.36. The van der Waals surface area contributed by atoms with Crippen molar-refractivity contribution in [1.29, 1.82) is 0 Å². The van der Waals surface area contributed by atoms with Crippen LogP contribution in [0.3, 0.4) is 0 Å². The predicted octanol–water partition coefficient (Wildman–Crippen LogP) is 2.76. The van der Waals surface area contributed by atoms with Crippen LogP contribution in [0.15, 0.2) is 0 Å². The Morgan fingerprint density at radius 3 is 2.68 bits per heavy atom. The first-order valence-electron chi connectivity index (χ1n) is 9.47. The molecule has 0 aromatic carbocycles. The molecule has 0 saturated carbocycles. The first-order chi connectivity index (χ1) is 12.0. The van der Waals surface area contributed by atoms with Crippen LogP contribution in [0.4, 0.5) is 0 Å². The second-order valence-electron chi connectivity index (χ2n) is 7.53. The smallest absolute Gasteiger partial charge is 0.103 e. The molecule has 1 aromatic rings. The van der Waals surface area contributed by atoms with Gasteiger partial charge in [0.2, 0.25) is 0 Å². The van der Waals surface area contributed by atoms with E-state index in [2.05, 4.69) is 12.2 Å². The van der Waals surface area contributed by atoms with Crippen LogP contribution >= 0.6 is 11.8 Å². The fourth-order valence-corrected chi connectivity index (χ4v) is 4.68. The van der Waals surface area contributed by atoms with Gasteiger partial charge in [0.25, 0.3) is 0 Å². The molecule has 2 N–H and O–H groups in total. The third-order valence-electron chi connectivity index (χ3n) is 5.58. The average molecular weight is 366 g/mol. The van der Waals surface area contributed by atoms with E-state index in [1.165, 1.54) is 12.8 Å². The Morgan fingerprint density at radius 2 is 2.00 bits per heavy atom. The Labute approximate surface area is 155 Å². The molecule has 0 radical (unpaired) electrons. The summed E-state index contributed by atoms with van der Waals surface area (Å²) in [4.78, 5) is 9.63. The number of hydrogen-bond acceptors (Lipinski definition) is 6. The number of nitrogens with one attached hydrogen (secondary N) is 1. The summed E-state index contributed by atoms with van der Waals surface area (Å²) < 4.78 is 5.84. The summed E-state index contributed by atoms with van der Waals surface area (Å²) in [6.45, 7) is 8.72. The maximum atomic E-state index is 11.2. The molecule has 0 aliphatic carbocycles. The van der Waals surface area contributed by atoms with E-state index >= 15 is 0 Å². The lowest BCUT2D eigenvalue weighted by Crippen LogP contribution is -2.50. The van der Waals surface area contributed by atoms with Gasteiger partial charge >= 0.3 is 0 Å². The molecule has 6 heteroatoms.